The van der Waals surface area contributed by atoms with Crippen LogP contribution in [0, 0.1) is 0 Å². The lowest BCUT2D eigenvalue weighted by molar-refractivity contribution is -0.130. The van der Waals surface area contributed by atoms with Gasteiger partial charge in [0.05, 0.1) is 17.9 Å². The van der Waals surface area contributed by atoms with Gasteiger partial charge in [0.25, 0.3) is 10.1 Å². The number of carbonyl (C=O) groups excluding carboxylic acids is 1. The van der Waals surface area contributed by atoms with Crippen molar-refractivity contribution in [2.75, 3.05) is 5.75 Å². The van der Waals surface area contributed by atoms with Crippen molar-refractivity contribution >= 4 is 16.0 Å². The monoisotopic (exact) mass is 752 g/mol. The number of aliphatic hydroxyl groups excluding tert-OH is 2. The lowest BCUT2D eigenvalue weighted by atomic mass is 10.0. The van der Waals surface area contributed by atoms with E-state index < -0.39 is 40.0 Å². The Labute approximate surface area is 321 Å². The van der Waals surface area contributed by atoms with Crippen LogP contribution in [0.25, 0.3) is 0 Å². The minimum atomic E-state index is -4.46. The molecule has 0 aliphatic carbocycles. The maximum absolute atomic E-state index is 12.6. The highest BCUT2D eigenvalue weighted by Gasteiger charge is 2.27. The Morgan fingerprint density at radius 3 is 1.27 bits per heavy atom. The fourth-order valence-electron chi connectivity index (χ4n) is 6.25. The Morgan fingerprint density at radius 2 is 0.865 bits per heavy atom. The van der Waals surface area contributed by atoms with Gasteiger partial charge in [0.1, 0.15) is 6.10 Å². The van der Waals surface area contributed by atoms with Gasteiger partial charge in [-0.25, -0.2) is 0 Å². The zero-order chi connectivity index (χ0) is 38.4. The molecule has 0 aromatic heterocycles. The fourth-order valence-corrected chi connectivity index (χ4v) is 6.98. The van der Waals surface area contributed by atoms with Gasteiger partial charge in [0.2, 0.25) is 5.91 Å². The number of carbonyl (C=O) groups is 1. The lowest BCUT2D eigenvalue weighted by Gasteiger charge is -2.22. The number of rotatable bonds is 38. The van der Waals surface area contributed by atoms with Gasteiger partial charge in [-0.3, -0.25) is 9.35 Å². The molecule has 304 valence electrons. The number of amides is 1. The smallest absolute Gasteiger partial charge is 0.267 e. The molecule has 52 heavy (non-hydrogen) atoms. The van der Waals surface area contributed by atoms with E-state index >= 15 is 0 Å². The molecule has 0 aromatic carbocycles. The number of nitrogens with one attached hydrogen (secondary N) is 1. The minimum Gasteiger partial charge on any atom is -0.387 e. The molecule has 8 heteroatoms. The van der Waals surface area contributed by atoms with Crippen molar-refractivity contribution in [2.24, 2.45) is 0 Å². The van der Waals surface area contributed by atoms with Crippen LogP contribution < -0.4 is 5.32 Å². The van der Waals surface area contributed by atoms with Crippen molar-refractivity contribution in [3.05, 3.63) is 48.6 Å². The third-order valence-corrected chi connectivity index (χ3v) is 10.3. The van der Waals surface area contributed by atoms with Crippen molar-refractivity contribution in [2.45, 2.75) is 218 Å². The molecular weight excluding hydrogens is 671 g/mol. The number of hydrogen-bond acceptors (Lipinski definition) is 5. The first-order chi connectivity index (χ1) is 25.2. The minimum absolute atomic E-state index is 0.263. The maximum Gasteiger partial charge on any atom is 0.267 e. The molecule has 0 radical (unpaired) electrons. The Bertz CT molecular complexity index is 1020. The topological polar surface area (TPSA) is 124 Å². The van der Waals surface area contributed by atoms with Crippen molar-refractivity contribution in [1.82, 2.24) is 5.32 Å². The van der Waals surface area contributed by atoms with Gasteiger partial charge in [0, 0.05) is 0 Å². The lowest BCUT2D eigenvalue weighted by Crippen LogP contribution is -2.50. The molecule has 4 N–H and O–H groups in total. The van der Waals surface area contributed by atoms with Crippen molar-refractivity contribution in [3.8, 4) is 0 Å². The van der Waals surface area contributed by atoms with Crippen LogP contribution in [0.2, 0.25) is 0 Å². The first kappa shape index (κ1) is 50.3. The van der Waals surface area contributed by atoms with Gasteiger partial charge in [-0.2, -0.15) is 8.42 Å². The summed E-state index contributed by atoms with van der Waals surface area (Å²) in [5.74, 6) is -1.57. The van der Waals surface area contributed by atoms with Crippen LogP contribution in [0.3, 0.4) is 0 Å². The number of aliphatic hydroxyl groups is 2. The number of hydrogen-bond donors (Lipinski definition) is 4. The van der Waals surface area contributed by atoms with Crippen LogP contribution >= 0.6 is 0 Å². The fraction of sp³-hybridized carbons (Fsp3) is 0.795. The van der Waals surface area contributed by atoms with Gasteiger partial charge in [0.15, 0.2) is 0 Å². The molecular formula is C44H81NO6S. The van der Waals surface area contributed by atoms with E-state index in [1.807, 2.05) is 0 Å². The van der Waals surface area contributed by atoms with Crippen LogP contribution in [-0.2, 0) is 14.9 Å². The molecule has 0 fully saturated rings. The third-order valence-electron chi connectivity index (χ3n) is 9.56. The maximum atomic E-state index is 12.6. The summed E-state index contributed by atoms with van der Waals surface area (Å²) < 4.78 is 32.5. The predicted octanol–water partition coefficient (Wildman–Crippen LogP) is 11.7. The van der Waals surface area contributed by atoms with E-state index in [2.05, 4.69) is 55.6 Å². The van der Waals surface area contributed by atoms with Gasteiger partial charge in [-0.05, 0) is 70.6 Å². The Hall–Kier alpha value is -1.74. The summed E-state index contributed by atoms with van der Waals surface area (Å²) in [6, 6.07) is -1.26. The van der Waals surface area contributed by atoms with Crippen LogP contribution in [0.4, 0.5) is 0 Å². The molecule has 0 aliphatic rings. The number of allylic oxidation sites excluding steroid dienone is 7. The van der Waals surface area contributed by atoms with Crippen LogP contribution in [0.1, 0.15) is 200 Å². The van der Waals surface area contributed by atoms with Crippen LogP contribution in [0.5, 0.6) is 0 Å². The average molecular weight is 752 g/mol. The molecule has 1 amide bonds. The number of unbranched alkanes of at least 4 members (excludes halogenated alkanes) is 23. The molecule has 3 unspecified atom stereocenters. The highest BCUT2D eigenvalue weighted by Crippen LogP contribution is 2.13. The van der Waals surface area contributed by atoms with Gasteiger partial charge >= 0.3 is 0 Å². The summed E-state index contributed by atoms with van der Waals surface area (Å²) in [6.07, 6.45) is 47.4. The molecule has 0 saturated heterocycles. The second-order valence-corrected chi connectivity index (χ2v) is 16.2. The molecule has 7 nitrogen and oxygen atoms in total. The molecule has 0 aliphatic heterocycles. The quantitative estimate of drug-likeness (QED) is 0.0283. The highest BCUT2D eigenvalue weighted by atomic mass is 32.2. The Balaban J connectivity index is 4.11. The Kier molecular flexibility index (Phi) is 36.3. The van der Waals surface area contributed by atoms with E-state index in [4.69, 9.17) is 0 Å². The van der Waals surface area contributed by atoms with Crippen LogP contribution in [0.15, 0.2) is 48.6 Å². The van der Waals surface area contributed by atoms with Crippen molar-refractivity contribution in [3.63, 3.8) is 0 Å². The van der Waals surface area contributed by atoms with Gasteiger partial charge in [-0.15, -0.1) is 0 Å². The second kappa shape index (κ2) is 37.6. The largest absolute Gasteiger partial charge is 0.387 e. The molecule has 3 atom stereocenters. The molecule has 0 heterocycles. The summed E-state index contributed by atoms with van der Waals surface area (Å²) in [7, 11) is -4.46. The summed E-state index contributed by atoms with van der Waals surface area (Å²) in [6.45, 7) is 4.50. The summed E-state index contributed by atoms with van der Waals surface area (Å²) in [5.41, 5.74) is 0. The molecule has 0 bridgehead atoms. The summed E-state index contributed by atoms with van der Waals surface area (Å²) >= 11 is 0. The standard InChI is InChI=1S/C44H81NO6S/c1-3-5-7-9-11-13-15-17-19-21-22-23-25-26-28-30-32-34-36-38-42(46)41(40-52(49,50)51)45-44(48)43(47)39-37-35-33-31-29-27-24-20-18-16-14-12-10-8-6-4-2/h18,20,22-23,28,30,36,38,41-43,46-47H,3-17,19,21,24-27,29,31-35,37,39-40H2,1-2H3,(H,45,48)(H,49,50,51)/b20-18-,23-22+,30-28+,38-36+. The van der Waals surface area contributed by atoms with E-state index in [0.717, 1.165) is 51.4 Å². The van der Waals surface area contributed by atoms with Crippen molar-refractivity contribution in [1.29, 1.82) is 0 Å². The van der Waals surface area contributed by atoms with Crippen molar-refractivity contribution < 1.29 is 28.0 Å². The zero-order valence-corrected chi connectivity index (χ0v) is 34.4. The highest BCUT2D eigenvalue weighted by molar-refractivity contribution is 7.85. The molecule has 0 aromatic rings. The Morgan fingerprint density at radius 1 is 0.519 bits per heavy atom. The van der Waals surface area contributed by atoms with Gasteiger partial charge < -0.3 is 15.5 Å². The molecule has 0 rings (SSSR count). The van der Waals surface area contributed by atoms with E-state index in [9.17, 15) is 28.0 Å². The first-order valence-electron chi connectivity index (χ1n) is 21.4. The molecule has 0 saturated carbocycles. The third kappa shape index (κ3) is 36.6. The van der Waals surface area contributed by atoms with E-state index in [1.165, 1.54) is 122 Å². The normalized spacial score (nSPS) is 14.3. The SMILES string of the molecule is CCCCCCCC/C=C\CCCCCCCCC(O)C(=O)NC(CS(=O)(=O)O)C(O)/C=C/CC/C=C/CC/C=C/CCCCCCCCCCC. The zero-order valence-electron chi connectivity index (χ0n) is 33.5. The molecule has 0 spiro atoms. The summed E-state index contributed by atoms with van der Waals surface area (Å²) in [5, 5.41) is 23.4. The average Bonchev–Trinajstić information content (AvgIpc) is 3.11. The van der Waals surface area contributed by atoms with E-state index in [-0.39, 0.29) is 6.42 Å². The van der Waals surface area contributed by atoms with E-state index in [1.54, 1.807) is 6.08 Å². The van der Waals surface area contributed by atoms with Gasteiger partial charge in [-0.1, -0.05) is 178 Å². The summed E-state index contributed by atoms with van der Waals surface area (Å²) in [4.78, 5) is 12.6. The second-order valence-electron chi connectivity index (χ2n) is 14.7. The van der Waals surface area contributed by atoms with Crippen LogP contribution in [-0.4, -0.2) is 53.1 Å². The van der Waals surface area contributed by atoms with E-state index in [0.29, 0.717) is 12.8 Å². The predicted molar refractivity (Wildman–Crippen MR) is 222 cm³/mol. The first-order valence-corrected chi connectivity index (χ1v) is 23.1.